The van der Waals surface area contributed by atoms with E-state index in [-0.39, 0.29) is 32.7 Å². The topological polar surface area (TPSA) is 41.1 Å². The van der Waals surface area contributed by atoms with E-state index in [1.165, 1.54) is 6.42 Å². The molecule has 3 saturated heterocycles. The molecule has 0 saturated carbocycles. The van der Waals surface area contributed by atoms with Crippen molar-refractivity contribution >= 4 is 0 Å². The van der Waals surface area contributed by atoms with Crippen LogP contribution in [-0.4, -0.2) is 36.6 Å². The van der Waals surface area contributed by atoms with E-state index in [0.717, 1.165) is 25.2 Å². The minimum absolute atomic E-state index is 0. The van der Waals surface area contributed by atoms with Crippen molar-refractivity contribution in [2.75, 3.05) is 19.6 Å². The van der Waals surface area contributed by atoms with Gasteiger partial charge in [-0.25, -0.2) is 0 Å². The second-order valence-corrected chi connectivity index (χ2v) is 3.81. The smallest absolute Gasteiger partial charge is 0.0957 e. The molecule has 1 radical (unpaired) electrons. The van der Waals surface area contributed by atoms with Crippen LogP contribution >= 0.6 is 0 Å². The first kappa shape index (κ1) is 12.3. The van der Waals surface area contributed by atoms with Crippen LogP contribution < -0.4 is 0 Å². The first-order valence-corrected chi connectivity index (χ1v) is 4.79. The standard InChI is InChI=1S/C10H14N3.Y/c1-2-8(4-11)5-13-6-9-3-10(7-13)12-9;/h2,9-10H,3,5-7H2,1H3;/q-1;/b8-2+;. The van der Waals surface area contributed by atoms with E-state index in [1.54, 1.807) is 0 Å². The number of nitriles is 1. The van der Waals surface area contributed by atoms with Crippen LogP contribution in [0.25, 0.3) is 5.32 Å². The van der Waals surface area contributed by atoms with Gasteiger partial charge in [-0.3, -0.25) is 0 Å². The summed E-state index contributed by atoms with van der Waals surface area (Å²) in [5.41, 5.74) is 0.876. The SMILES string of the molecule is C/C=C(\C#N)CN1CC2CC(C1)[N-]2.[Y]. The van der Waals surface area contributed by atoms with Gasteiger partial charge in [-0.15, -0.1) is 12.1 Å². The molecule has 2 atom stereocenters. The van der Waals surface area contributed by atoms with Gasteiger partial charge in [0.25, 0.3) is 0 Å². The van der Waals surface area contributed by atoms with Crippen molar-refractivity contribution in [2.24, 2.45) is 0 Å². The van der Waals surface area contributed by atoms with Gasteiger partial charge in [-0.05, 0) is 20.0 Å². The van der Waals surface area contributed by atoms with Gasteiger partial charge in [-0.1, -0.05) is 12.5 Å². The number of allylic oxidation sites excluding steroid dienone is 1. The zero-order valence-electron chi connectivity index (χ0n) is 8.48. The van der Waals surface area contributed by atoms with Gasteiger partial charge >= 0.3 is 0 Å². The van der Waals surface area contributed by atoms with Crippen LogP contribution in [0.3, 0.4) is 0 Å². The second kappa shape index (κ2) is 5.37. The fourth-order valence-electron chi connectivity index (χ4n) is 2.07. The molecule has 2 unspecified atom stereocenters. The summed E-state index contributed by atoms with van der Waals surface area (Å²) in [6, 6.07) is 3.35. The maximum Gasteiger partial charge on any atom is 0.0957 e. The van der Waals surface area contributed by atoms with Crippen LogP contribution in [0.5, 0.6) is 0 Å². The number of fused-ring (bicyclic) bond motifs is 2. The number of hydrogen-bond acceptors (Lipinski definition) is 2. The Morgan fingerprint density at radius 3 is 2.57 bits per heavy atom. The van der Waals surface area contributed by atoms with Crippen LogP contribution in [-0.2, 0) is 32.7 Å². The summed E-state index contributed by atoms with van der Waals surface area (Å²) in [7, 11) is 0. The summed E-state index contributed by atoms with van der Waals surface area (Å²) in [4.78, 5) is 2.34. The van der Waals surface area contributed by atoms with Crippen molar-refractivity contribution in [1.82, 2.24) is 4.90 Å². The second-order valence-electron chi connectivity index (χ2n) is 3.81. The summed E-state index contributed by atoms with van der Waals surface area (Å²) in [5.74, 6) is 0. The molecule has 3 heterocycles. The van der Waals surface area contributed by atoms with Crippen LogP contribution in [0.1, 0.15) is 13.3 Å². The molecule has 0 aromatic rings. The Bertz CT molecular complexity index is 253. The van der Waals surface area contributed by atoms with Gasteiger partial charge in [0.2, 0.25) is 0 Å². The molecule has 0 aliphatic carbocycles. The molecule has 0 aromatic heterocycles. The van der Waals surface area contributed by atoms with Gasteiger partial charge in [0, 0.05) is 44.8 Å². The van der Waals surface area contributed by atoms with Gasteiger partial charge in [0.05, 0.1) is 6.07 Å². The molecule has 0 spiro atoms. The Hall–Kier alpha value is 0.254. The average molecular weight is 265 g/mol. The Labute approximate surface area is 110 Å². The zero-order chi connectivity index (χ0) is 9.26. The predicted octanol–water partition coefficient (Wildman–Crippen LogP) is 1.28. The molecule has 0 N–H and O–H groups in total. The minimum atomic E-state index is 0. The molecule has 73 valence electrons. The number of rotatable bonds is 2. The maximum absolute atomic E-state index is 8.77. The first-order chi connectivity index (χ1) is 6.31. The van der Waals surface area contributed by atoms with E-state index in [2.05, 4.69) is 16.3 Å². The van der Waals surface area contributed by atoms with Crippen molar-refractivity contribution in [3.63, 3.8) is 0 Å². The summed E-state index contributed by atoms with van der Waals surface area (Å²) >= 11 is 0. The van der Waals surface area contributed by atoms with Crippen molar-refractivity contribution in [1.29, 1.82) is 5.26 Å². The number of piperidine rings is 1. The van der Waals surface area contributed by atoms with Gasteiger partial charge < -0.3 is 10.2 Å². The van der Waals surface area contributed by atoms with E-state index >= 15 is 0 Å². The fourth-order valence-corrected chi connectivity index (χ4v) is 2.07. The molecule has 3 nitrogen and oxygen atoms in total. The summed E-state index contributed by atoms with van der Waals surface area (Å²) in [5, 5.41) is 13.3. The average Bonchev–Trinajstić information content (AvgIpc) is 2.13. The third-order valence-electron chi connectivity index (χ3n) is 2.79. The molecule has 3 fully saturated rings. The van der Waals surface area contributed by atoms with Crippen molar-refractivity contribution in [2.45, 2.75) is 25.4 Å². The molecule has 4 heteroatoms. The Balaban J connectivity index is 0.000000980. The van der Waals surface area contributed by atoms with Gasteiger partial charge in [0.1, 0.15) is 0 Å². The van der Waals surface area contributed by atoms with Crippen LogP contribution in [0.4, 0.5) is 0 Å². The summed E-state index contributed by atoms with van der Waals surface area (Å²) < 4.78 is 0. The Kier molecular flexibility index (Phi) is 4.73. The molecular formula is C10H14N3Y-. The van der Waals surface area contributed by atoms with Crippen LogP contribution in [0.15, 0.2) is 11.6 Å². The van der Waals surface area contributed by atoms with Crippen molar-refractivity contribution in [3.05, 3.63) is 17.0 Å². The normalized spacial score (nSPS) is 31.3. The molecule has 3 rings (SSSR count). The Morgan fingerprint density at radius 2 is 2.14 bits per heavy atom. The van der Waals surface area contributed by atoms with E-state index in [0.29, 0.717) is 12.1 Å². The maximum atomic E-state index is 8.77. The molecule has 0 aromatic carbocycles. The van der Waals surface area contributed by atoms with Gasteiger partial charge in [0.15, 0.2) is 0 Å². The van der Waals surface area contributed by atoms with Gasteiger partial charge in [-0.2, -0.15) is 5.26 Å². The van der Waals surface area contributed by atoms with E-state index < -0.39 is 0 Å². The summed E-state index contributed by atoms with van der Waals surface area (Å²) in [6.45, 7) is 4.84. The predicted molar refractivity (Wildman–Crippen MR) is 51.4 cm³/mol. The Morgan fingerprint density at radius 1 is 1.57 bits per heavy atom. The first-order valence-electron chi connectivity index (χ1n) is 4.79. The van der Waals surface area contributed by atoms with Crippen LogP contribution in [0, 0.1) is 11.3 Å². The monoisotopic (exact) mass is 265 g/mol. The van der Waals surface area contributed by atoms with E-state index in [9.17, 15) is 0 Å². The van der Waals surface area contributed by atoms with Crippen LogP contribution in [0.2, 0.25) is 0 Å². The molecule has 3 aliphatic rings. The van der Waals surface area contributed by atoms with Crippen molar-refractivity contribution < 1.29 is 32.7 Å². The molecule has 2 bridgehead atoms. The van der Waals surface area contributed by atoms with Crippen molar-refractivity contribution in [3.8, 4) is 6.07 Å². The number of piperazine rings is 1. The van der Waals surface area contributed by atoms with E-state index in [4.69, 9.17) is 5.26 Å². The number of hydrogen-bond donors (Lipinski definition) is 0. The summed E-state index contributed by atoms with van der Waals surface area (Å²) in [6.07, 6.45) is 3.17. The fraction of sp³-hybridized carbons (Fsp3) is 0.700. The largest absolute Gasteiger partial charge is 0.655 e. The minimum Gasteiger partial charge on any atom is -0.655 e. The van der Waals surface area contributed by atoms with E-state index in [1.807, 2.05) is 13.0 Å². The third kappa shape index (κ3) is 2.64. The quantitative estimate of drug-likeness (QED) is 0.706. The number of nitrogens with zero attached hydrogens (tertiary/aromatic N) is 3. The third-order valence-corrected chi connectivity index (χ3v) is 2.79. The molecule has 0 amide bonds. The zero-order valence-corrected chi connectivity index (χ0v) is 11.3. The molecule has 3 aliphatic heterocycles. The molecule has 14 heavy (non-hydrogen) atoms. The molecular weight excluding hydrogens is 251 g/mol.